The standard InChI is InChI=1S/C16H28O5/c1-4-19-9-10-20-15(17)13-7-5-6-8-14(13)16(18)21-11-12(2)3/h12-14H,4-11H2,1-3H3. The number of esters is 2. The second kappa shape index (κ2) is 9.77. The molecule has 1 rings (SSSR count). The van der Waals surface area contributed by atoms with Gasteiger partial charge in [-0.2, -0.15) is 0 Å². The van der Waals surface area contributed by atoms with Gasteiger partial charge in [0.1, 0.15) is 6.61 Å². The maximum atomic E-state index is 12.1. The molecule has 0 aliphatic heterocycles. The summed E-state index contributed by atoms with van der Waals surface area (Å²) in [5.41, 5.74) is 0. The molecule has 0 saturated heterocycles. The van der Waals surface area contributed by atoms with Crippen LogP contribution in [0.1, 0.15) is 46.5 Å². The average molecular weight is 300 g/mol. The van der Waals surface area contributed by atoms with Crippen LogP contribution in [0.15, 0.2) is 0 Å². The maximum Gasteiger partial charge on any atom is 0.309 e. The van der Waals surface area contributed by atoms with Crippen LogP contribution in [0.2, 0.25) is 0 Å². The van der Waals surface area contributed by atoms with Gasteiger partial charge in [0.2, 0.25) is 0 Å². The van der Waals surface area contributed by atoms with Crippen LogP contribution >= 0.6 is 0 Å². The molecule has 2 atom stereocenters. The molecule has 0 aromatic carbocycles. The Morgan fingerprint density at radius 2 is 1.57 bits per heavy atom. The Hall–Kier alpha value is -1.10. The highest BCUT2D eigenvalue weighted by Gasteiger charge is 2.37. The first-order valence-corrected chi connectivity index (χ1v) is 7.97. The van der Waals surface area contributed by atoms with Gasteiger partial charge < -0.3 is 14.2 Å². The molecular formula is C16H28O5. The first kappa shape index (κ1) is 18.0. The molecular weight excluding hydrogens is 272 g/mol. The lowest BCUT2D eigenvalue weighted by Gasteiger charge is -2.28. The summed E-state index contributed by atoms with van der Waals surface area (Å²) in [5, 5.41) is 0. The molecule has 0 amide bonds. The van der Waals surface area contributed by atoms with Gasteiger partial charge in [-0.15, -0.1) is 0 Å². The number of ether oxygens (including phenoxy) is 3. The molecule has 5 nitrogen and oxygen atoms in total. The second-order valence-electron chi connectivity index (χ2n) is 5.89. The van der Waals surface area contributed by atoms with Crippen molar-refractivity contribution in [3.8, 4) is 0 Å². The summed E-state index contributed by atoms with van der Waals surface area (Å²) in [6.45, 7) is 7.53. The number of hydrogen-bond donors (Lipinski definition) is 0. The van der Waals surface area contributed by atoms with Crippen molar-refractivity contribution in [3.63, 3.8) is 0 Å². The Kier molecular flexibility index (Phi) is 8.35. The van der Waals surface area contributed by atoms with E-state index in [1.807, 2.05) is 20.8 Å². The Morgan fingerprint density at radius 1 is 1.00 bits per heavy atom. The quantitative estimate of drug-likeness (QED) is 0.509. The van der Waals surface area contributed by atoms with Crippen molar-refractivity contribution in [2.75, 3.05) is 26.4 Å². The Balaban J connectivity index is 2.47. The van der Waals surface area contributed by atoms with Gasteiger partial charge in [-0.25, -0.2) is 0 Å². The van der Waals surface area contributed by atoms with Crippen molar-refractivity contribution in [3.05, 3.63) is 0 Å². The van der Waals surface area contributed by atoms with E-state index >= 15 is 0 Å². The second-order valence-corrected chi connectivity index (χ2v) is 5.89. The van der Waals surface area contributed by atoms with Crippen LogP contribution in [0.25, 0.3) is 0 Å². The van der Waals surface area contributed by atoms with E-state index in [1.165, 1.54) is 0 Å². The third-order valence-corrected chi connectivity index (χ3v) is 3.61. The molecule has 21 heavy (non-hydrogen) atoms. The van der Waals surface area contributed by atoms with Gasteiger partial charge in [0.15, 0.2) is 0 Å². The van der Waals surface area contributed by atoms with E-state index in [9.17, 15) is 9.59 Å². The SMILES string of the molecule is CCOCCOC(=O)C1CCCCC1C(=O)OCC(C)C. The Labute approximate surface area is 127 Å². The summed E-state index contributed by atoms with van der Waals surface area (Å²) < 4.78 is 15.7. The minimum absolute atomic E-state index is 0.247. The molecule has 1 fully saturated rings. The van der Waals surface area contributed by atoms with E-state index in [4.69, 9.17) is 14.2 Å². The van der Waals surface area contributed by atoms with Crippen molar-refractivity contribution in [1.82, 2.24) is 0 Å². The Morgan fingerprint density at radius 3 is 2.10 bits per heavy atom. The van der Waals surface area contributed by atoms with Crippen molar-refractivity contribution in [1.29, 1.82) is 0 Å². The molecule has 0 radical (unpaired) electrons. The summed E-state index contributed by atoms with van der Waals surface area (Å²) in [7, 11) is 0. The molecule has 0 bridgehead atoms. The summed E-state index contributed by atoms with van der Waals surface area (Å²) in [4.78, 5) is 24.3. The Bertz CT molecular complexity index is 327. The fourth-order valence-electron chi connectivity index (χ4n) is 2.50. The van der Waals surface area contributed by atoms with Gasteiger partial charge >= 0.3 is 11.9 Å². The molecule has 0 heterocycles. The summed E-state index contributed by atoms with van der Waals surface area (Å²) in [6.07, 6.45) is 3.33. The normalized spacial score (nSPS) is 22.1. The largest absolute Gasteiger partial charge is 0.465 e. The van der Waals surface area contributed by atoms with E-state index in [2.05, 4.69) is 0 Å². The molecule has 0 aromatic heterocycles. The van der Waals surface area contributed by atoms with Crippen molar-refractivity contribution < 1.29 is 23.8 Å². The fourth-order valence-corrected chi connectivity index (χ4v) is 2.50. The third-order valence-electron chi connectivity index (χ3n) is 3.61. The van der Waals surface area contributed by atoms with Crippen LogP contribution < -0.4 is 0 Å². The number of rotatable bonds is 8. The van der Waals surface area contributed by atoms with Gasteiger partial charge in [0, 0.05) is 6.61 Å². The fraction of sp³-hybridized carbons (Fsp3) is 0.875. The third kappa shape index (κ3) is 6.46. The van der Waals surface area contributed by atoms with Crippen LogP contribution in [-0.2, 0) is 23.8 Å². The first-order valence-electron chi connectivity index (χ1n) is 7.97. The van der Waals surface area contributed by atoms with Gasteiger partial charge in [-0.05, 0) is 25.7 Å². The van der Waals surface area contributed by atoms with E-state index < -0.39 is 0 Å². The highest BCUT2D eigenvalue weighted by molar-refractivity contribution is 5.82. The predicted octanol–water partition coefficient (Wildman–Crippen LogP) is 2.57. The van der Waals surface area contributed by atoms with E-state index in [1.54, 1.807) is 0 Å². The lowest BCUT2D eigenvalue weighted by atomic mass is 9.79. The maximum absolute atomic E-state index is 12.1. The van der Waals surface area contributed by atoms with Crippen LogP contribution in [0, 0.1) is 17.8 Å². The number of carbonyl (C=O) groups is 2. The van der Waals surface area contributed by atoms with Crippen LogP contribution in [0.4, 0.5) is 0 Å². The van der Waals surface area contributed by atoms with Gasteiger partial charge in [0.25, 0.3) is 0 Å². The lowest BCUT2D eigenvalue weighted by molar-refractivity contribution is -0.164. The van der Waals surface area contributed by atoms with E-state index in [0.717, 1.165) is 12.8 Å². The van der Waals surface area contributed by atoms with Gasteiger partial charge in [0.05, 0.1) is 25.0 Å². The first-order chi connectivity index (χ1) is 10.1. The average Bonchev–Trinajstić information content (AvgIpc) is 2.49. The summed E-state index contributed by atoms with van der Waals surface area (Å²) in [5.74, 6) is -0.956. The topological polar surface area (TPSA) is 61.8 Å². The van der Waals surface area contributed by atoms with Crippen molar-refractivity contribution in [2.45, 2.75) is 46.5 Å². The van der Waals surface area contributed by atoms with E-state index in [-0.39, 0.29) is 30.4 Å². The van der Waals surface area contributed by atoms with Crippen molar-refractivity contribution in [2.24, 2.45) is 17.8 Å². The molecule has 122 valence electrons. The molecule has 0 spiro atoms. The highest BCUT2D eigenvalue weighted by atomic mass is 16.6. The zero-order chi connectivity index (χ0) is 15.7. The zero-order valence-electron chi connectivity index (χ0n) is 13.4. The minimum Gasteiger partial charge on any atom is -0.465 e. The molecule has 1 saturated carbocycles. The van der Waals surface area contributed by atoms with Crippen LogP contribution in [0.5, 0.6) is 0 Å². The van der Waals surface area contributed by atoms with Crippen LogP contribution in [-0.4, -0.2) is 38.4 Å². The summed E-state index contributed by atoms with van der Waals surface area (Å²) >= 11 is 0. The molecule has 1 aliphatic rings. The lowest BCUT2D eigenvalue weighted by Crippen LogP contribution is -2.35. The molecule has 2 unspecified atom stereocenters. The molecule has 0 N–H and O–H groups in total. The van der Waals surface area contributed by atoms with Crippen molar-refractivity contribution >= 4 is 11.9 Å². The molecule has 0 aromatic rings. The number of carbonyl (C=O) groups excluding carboxylic acids is 2. The van der Waals surface area contributed by atoms with E-state index in [0.29, 0.717) is 38.6 Å². The monoisotopic (exact) mass is 300 g/mol. The molecule has 5 heteroatoms. The van der Waals surface area contributed by atoms with Crippen LogP contribution in [0.3, 0.4) is 0 Å². The molecule has 1 aliphatic carbocycles. The zero-order valence-corrected chi connectivity index (χ0v) is 13.4. The van der Waals surface area contributed by atoms with Gasteiger partial charge in [-0.1, -0.05) is 26.7 Å². The highest BCUT2D eigenvalue weighted by Crippen LogP contribution is 2.32. The predicted molar refractivity (Wildman–Crippen MR) is 78.7 cm³/mol. The smallest absolute Gasteiger partial charge is 0.309 e. The summed E-state index contributed by atoms with van der Waals surface area (Å²) in [6, 6.07) is 0. The number of hydrogen-bond acceptors (Lipinski definition) is 5. The minimum atomic E-state index is -0.361. The van der Waals surface area contributed by atoms with Gasteiger partial charge in [-0.3, -0.25) is 9.59 Å².